The molecule has 1 heterocycles. The second-order valence-electron chi connectivity index (χ2n) is 6.92. The van der Waals surface area contributed by atoms with Gasteiger partial charge in [0.15, 0.2) is 12.4 Å². The van der Waals surface area contributed by atoms with Gasteiger partial charge in [-0.05, 0) is 42.0 Å². The average molecular weight is 411 g/mol. The molecule has 1 N–H and O–H groups in total. The molecule has 0 aliphatic carbocycles. The summed E-state index contributed by atoms with van der Waals surface area (Å²) in [6.45, 7) is 4.24. The number of carbonyl (C=O) groups is 1. The maximum absolute atomic E-state index is 12.1. The van der Waals surface area contributed by atoms with Crippen LogP contribution in [0, 0.1) is 0 Å². The third-order valence-electron chi connectivity index (χ3n) is 4.33. The number of aromatic nitrogens is 2. The highest BCUT2D eigenvalue weighted by Gasteiger charge is 2.12. The van der Waals surface area contributed by atoms with E-state index in [4.69, 9.17) is 18.7 Å². The zero-order valence-electron chi connectivity index (χ0n) is 17.5. The standard InChI is InChI=1S/C22H25N3O5/c1-14(2)21-24-22(30-25-21)16-5-7-17(8-6-16)29-13-20(26)23-12-15-9-18(27-3)11-19(10-15)28-4/h5-11,14H,12-13H2,1-4H3,(H,23,26). The number of hydrogen-bond acceptors (Lipinski definition) is 7. The Balaban J connectivity index is 1.51. The van der Waals surface area contributed by atoms with E-state index in [9.17, 15) is 4.79 Å². The van der Waals surface area contributed by atoms with Gasteiger partial charge in [0.25, 0.3) is 11.8 Å². The zero-order chi connectivity index (χ0) is 21.5. The summed E-state index contributed by atoms with van der Waals surface area (Å²) in [6, 6.07) is 12.6. The fourth-order valence-corrected chi connectivity index (χ4v) is 2.65. The zero-order valence-corrected chi connectivity index (χ0v) is 17.5. The number of rotatable bonds is 9. The molecule has 0 saturated heterocycles. The van der Waals surface area contributed by atoms with Gasteiger partial charge in [-0.1, -0.05) is 19.0 Å². The SMILES string of the molecule is COc1cc(CNC(=O)COc2ccc(-c3nc(C(C)C)no3)cc2)cc(OC)c1. The monoisotopic (exact) mass is 411 g/mol. The minimum atomic E-state index is -0.237. The molecule has 0 bridgehead atoms. The maximum Gasteiger partial charge on any atom is 0.258 e. The fourth-order valence-electron chi connectivity index (χ4n) is 2.65. The van der Waals surface area contributed by atoms with E-state index in [2.05, 4.69) is 15.5 Å². The van der Waals surface area contributed by atoms with Crippen LogP contribution in [0.15, 0.2) is 47.0 Å². The molecule has 0 unspecified atom stereocenters. The summed E-state index contributed by atoms with van der Waals surface area (Å²) in [5.41, 5.74) is 1.66. The maximum atomic E-state index is 12.1. The molecule has 158 valence electrons. The van der Waals surface area contributed by atoms with Crippen molar-refractivity contribution >= 4 is 5.91 Å². The van der Waals surface area contributed by atoms with Crippen molar-refractivity contribution < 1.29 is 23.5 Å². The van der Waals surface area contributed by atoms with Crippen LogP contribution in [0.25, 0.3) is 11.5 Å². The van der Waals surface area contributed by atoms with Gasteiger partial charge in [-0.3, -0.25) is 4.79 Å². The largest absolute Gasteiger partial charge is 0.497 e. The predicted molar refractivity (Wildman–Crippen MR) is 111 cm³/mol. The van der Waals surface area contributed by atoms with Gasteiger partial charge < -0.3 is 24.1 Å². The van der Waals surface area contributed by atoms with E-state index in [1.165, 1.54) is 0 Å². The quantitative estimate of drug-likeness (QED) is 0.575. The summed E-state index contributed by atoms with van der Waals surface area (Å²) in [7, 11) is 3.16. The van der Waals surface area contributed by atoms with E-state index in [1.54, 1.807) is 32.4 Å². The van der Waals surface area contributed by atoms with Crippen molar-refractivity contribution in [3.63, 3.8) is 0 Å². The molecule has 1 amide bonds. The molecule has 0 fully saturated rings. The molecule has 0 atom stereocenters. The lowest BCUT2D eigenvalue weighted by Crippen LogP contribution is -2.28. The Kier molecular flexibility index (Phi) is 6.90. The Hall–Kier alpha value is -3.55. The molecule has 8 heteroatoms. The first-order valence-corrected chi connectivity index (χ1v) is 9.54. The molecular weight excluding hydrogens is 386 g/mol. The van der Waals surface area contributed by atoms with Crippen LogP contribution in [0.3, 0.4) is 0 Å². The first-order valence-electron chi connectivity index (χ1n) is 9.54. The highest BCUT2D eigenvalue weighted by molar-refractivity contribution is 5.77. The van der Waals surface area contributed by atoms with Crippen LogP contribution in [0.4, 0.5) is 0 Å². The number of nitrogens with zero attached hydrogens (tertiary/aromatic N) is 2. The first kappa shape index (κ1) is 21.2. The van der Waals surface area contributed by atoms with Crippen LogP contribution in [0.1, 0.15) is 31.2 Å². The van der Waals surface area contributed by atoms with Gasteiger partial charge in [0, 0.05) is 24.1 Å². The van der Waals surface area contributed by atoms with Crippen molar-refractivity contribution in [2.75, 3.05) is 20.8 Å². The molecule has 0 spiro atoms. The third-order valence-corrected chi connectivity index (χ3v) is 4.33. The van der Waals surface area contributed by atoms with Crippen LogP contribution in [0.2, 0.25) is 0 Å². The number of amides is 1. The van der Waals surface area contributed by atoms with Gasteiger partial charge in [-0.2, -0.15) is 4.98 Å². The highest BCUT2D eigenvalue weighted by atomic mass is 16.5. The van der Waals surface area contributed by atoms with Crippen molar-refractivity contribution in [2.45, 2.75) is 26.3 Å². The van der Waals surface area contributed by atoms with Gasteiger partial charge in [-0.15, -0.1) is 0 Å². The first-order chi connectivity index (χ1) is 14.5. The molecule has 0 aliphatic heterocycles. The summed E-state index contributed by atoms with van der Waals surface area (Å²) in [5, 5.41) is 6.77. The molecule has 30 heavy (non-hydrogen) atoms. The van der Waals surface area contributed by atoms with Gasteiger partial charge in [0.2, 0.25) is 0 Å². The molecule has 3 aromatic rings. The van der Waals surface area contributed by atoms with Crippen LogP contribution < -0.4 is 19.5 Å². The van der Waals surface area contributed by atoms with E-state index in [1.807, 2.05) is 38.1 Å². The summed E-state index contributed by atoms with van der Waals surface area (Å²) in [4.78, 5) is 16.5. The van der Waals surface area contributed by atoms with E-state index in [0.29, 0.717) is 35.5 Å². The Morgan fingerprint density at radius 1 is 1.03 bits per heavy atom. The van der Waals surface area contributed by atoms with Crippen molar-refractivity contribution in [1.29, 1.82) is 0 Å². The molecule has 8 nitrogen and oxygen atoms in total. The Bertz CT molecular complexity index is 960. The minimum absolute atomic E-state index is 0.0987. The van der Waals surface area contributed by atoms with Crippen molar-refractivity contribution in [1.82, 2.24) is 15.5 Å². The Morgan fingerprint density at radius 3 is 2.27 bits per heavy atom. The van der Waals surface area contributed by atoms with Crippen LogP contribution in [-0.4, -0.2) is 36.9 Å². The normalized spacial score (nSPS) is 10.7. The van der Waals surface area contributed by atoms with Gasteiger partial charge in [-0.25, -0.2) is 0 Å². The van der Waals surface area contributed by atoms with E-state index in [-0.39, 0.29) is 18.4 Å². The molecule has 0 saturated carbocycles. The average Bonchev–Trinajstić information content (AvgIpc) is 3.27. The summed E-state index contributed by atoms with van der Waals surface area (Å²) in [6.07, 6.45) is 0. The minimum Gasteiger partial charge on any atom is -0.497 e. The lowest BCUT2D eigenvalue weighted by atomic mass is 10.2. The Morgan fingerprint density at radius 2 is 1.70 bits per heavy atom. The molecular formula is C22H25N3O5. The van der Waals surface area contributed by atoms with E-state index >= 15 is 0 Å². The summed E-state index contributed by atoms with van der Waals surface area (Å²) < 4.78 is 21.3. The van der Waals surface area contributed by atoms with Crippen molar-refractivity contribution in [3.8, 4) is 28.7 Å². The number of carbonyl (C=O) groups excluding carboxylic acids is 1. The highest BCUT2D eigenvalue weighted by Crippen LogP contribution is 2.23. The third kappa shape index (κ3) is 5.50. The molecule has 3 rings (SSSR count). The smallest absolute Gasteiger partial charge is 0.258 e. The second kappa shape index (κ2) is 9.78. The predicted octanol–water partition coefficient (Wildman–Crippen LogP) is 3.57. The van der Waals surface area contributed by atoms with Crippen LogP contribution in [0.5, 0.6) is 17.2 Å². The number of benzene rings is 2. The fraction of sp³-hybridized carbons (Fsp3) is 0.318. The van der Waals surface area contributed by atoms with E-state index < -0.39 is 0 Å². The van der Waals surface area contributed by atoms with Gasteiger partial charge in [0.1, 0.15) is 17.2 Å². The molecule has 0 aliphatic rings. The number of ether oxygens (including phenoxy) is 3. The Labute approximate surface area is 175 Å². The number of hydrogen-bond donors (Lipinski definition) is 1. The topological polar surface area (TPSA) is 95.7 Å². The van der Waals surface area contributed by atoms with Gasteiger partial charge >= 0.3 is 0 Å². The van der Waals surface area contributed by atoms with Gasteiger partial charge in [0.05, 0.1) is 14.2 Å². The number of methoxy groups -OCH3 is 2. The lowest BCUT2D eigenvalue weighted by molar-refractivity contribution is -0.123. The molecule has 1 aromatic heterocycles. The number of nitrogens with one attached hydrogen (secondary N) is 1. The second-order valence-corrected chi connectivity index (χ2v) is 6.92. The van der Waals surface area contributed by atoms with E-state index in [0.717, 1.165) is 11.1 Å². The van der Waals surface area contributed by atoms with Crippen molar-refractivity contribution in [3.05, 3.63) is 53.9 Å². The molecule has 0 radical (unpaired) electrons. The molecule has 2 aromatic carbocycles. The summed E-state index contributed by atoms with van der Waals surface area (Å²) >= 11 is 0. The lowest BCUT2D eigenvalue weighted by Gasteiger charge is -2.10. The summed E-state index contributed by atoms with van der Waals surface area (Å²) in [5.74, 6) is 2.97. The van der Waals surface area contributed by atoms with Crippen LogP contribution in [-0.2, 0) is 11.3 Å². The van der Waals surface area contributed by atoms with Crippen molar-refractivity contribution in [2.24, 2.45) is 0 Å². The van der Waals surface area contributed by atoms with Crippen LogP contribution >= 0.6 is 0 Å².